The van der Waals surface area contributed by atoms with Gasteiger partial charge in [0, 0.05) is 24.5 Å². The van der Waals surface area contributed by atoms with E-state index in [-0.39, 0.29) is 0 Å². The van der Waals surface area contributed by atoms with Crippen LogP contribution in [-0.2, 0) is 6.42 Å². The molecule has 1 aromatic rings. The van der Waals surface area contributed by atoms with Crippen LogP contribution in [0, 0.1) is 0 Å². The zero-order chi connectivity index (χ0) is 10.5. The molecule has 0 bridgehead atoms. The van der Waals surface area contributed by atoms with E-state index in [1.807, 2.05) is 6.20 Å². The monoisotopic (exact) mass is 207 g/mol. The number of H-pyrrole nitrogens is 1. The molecule has 1 aliphatic carbocycles. The summed E-state index contributed by atoms with van der Waals surface area (Å²) >= 11 is 0. The predicted molar refractivity (Wildman–Crippen MR) is 62.7 cm³/mol. The van der Waals surface area contributed by atoms with Crippen molar-refractivity contribution in [2.75, 3.05) is 6.54 Å². The third-order valence-corrected chi connectivity index (χ3v) is 3.30. The number of rotatable bonds is 4. The molecule has 1 saturated carbocycles. The second kappa shape index (κ2) is 5.33. The molecule has 84 valence electrons. The smallest absolute Gasteiger partial charge is 0.0219 e. The molecule has 3 nitrogen and oxygen atoms in total. The first-order valence-corrected chi connectivity index (χ1v) is 5.97. The number of hydrogen-bond donors (Lipinski definition) is 3. The lowest BCUT2D eigenvalue weighted by Crippen LogP contribution is -2.47. The van der Waals surface area contributed by atoms with E-state index < -0.39 is 0 Å². The Balaban J connectivity index is 1.68. The van der Waals surface area contributed by atoms with Crippen LogP contribution in [0.25, 0.3) is 0 Å². The fourth-order valence-corrected chi connectivity index (χ4v) is 2.33. The van der Waals surface area contributed by atoms with E-state index in [0.717, 1.165) is 13.0 Å². The number of nitrogens with one attached hydrogen (secondary N) is 2. The molecule has 1 fully saturated rings. The van der Waals surface area contributed by atoms with Crippen LogP contribution in [0.1, 0.15) is 31.2 Å². The first-order chi connectivity index (χ1) is 7.36. The predicted octanol–water partition coefficient (Wildman–Crippen LogP) is 1.42. The summed E-state index contributed by atoms with van der Waals surface area (Å²) in [5.74, 6) is 0. The molecule has 1 heterocycles. The number of hydrogen-bond acceptors (Lipinski definition) is 2. The molecule has 15 heavy (non-hydrogen) atoms. The van der Waals surface area contributed by atoms with E-state index in [1.54, 1.807) is 0 Å². The minimum absolute atomic E-state index is 0.366. The van der Waals surface area contributed by atoms with Gasteiger partial charge in [0.25, 0.3) is 0 Å². The Labute approximate surface area is 91.4 Å². The molecule has 0 saturated heterocycles. The van der Waals surface area contributed by atoms with Gasteiger partial charge < -0.3 is 16.0 Å². The molecule has 0 aliphatic heterocycles. The molecule has 0 amide bonds. The van der Waals surface area contributed by atoms with E-state index in [9.17, 15) is 0 Å². The summed E-state index contributed by atoms with van der Waals surface area (Å²) in [6, 6.07) is 3.03. The van der Waals surface area contributed by atoms with Crippen LogP contribution in [0.2, 0.25) is 0 Å². The molecule has 2 rings (SSSR count). The third-order valence-electron chi connectivity index (χ3n) is 3.30. The minimum atomic E-state index is 0.366. The Kier molecular flexibility index (Phi) is 3.80. The fourth-order valence-electron chi connectivity index (χ4n) is 2.33. The van der Waals surface area contributed by atoms with Crippen LogP contribution in [0.4, 0.5) is 0 Å². The lowest BCUT2D eigenvalue weighted by Gasteiger charge is -2.29. The van der Waals surface area contributed by atoms with Crippen LogP contribution >= 0.6 is 0 Å². The van der Waals surface area contributed by atoms with Crippen LogP contribution < -0.4 is 11.1 Å². The Hall–Kier alpha value is -0.800. The highest BCUT2D eigenvalue weighted by molar-refractivity contribution is 5.08. The molecule has 1 aromatic heterocycles. The van der Waals surface area contributed by atoms with Crippen molar-refractivity contribution in [2.24, 2.45) is 5.73 Å². The average Bonchev–Trinajstić information content (AvgIpc) is 2.74. The second-order valence-corrected chi connectivity index (χ2v) is 4.48. The molecule has 2 atom stereocenters. The highest BCUT2D eigenvalue weighted by Gasteiger charge is 2.20. The van der Waals surface area contributed by atoms with Gasteiger partial charge in [-0.15, -0.1) is 0 Å². The SMILES string of the molecule is NC1CCCCC1NCCc1cc[nH]c1. The lowest BCUT2D eigenvalue weighted by molar-refractivity contribution is 0.329. The van der Waals surface area contributed by atoms with Crippen molar-refractivity contribution in [3.8, 4) is 0 Å². The fraction of sp³-hybridized carbons (Fsp3) is 0.667. The van der Waals surface area contributed by atoms with Crippen LogP contribution in [0.15, 0.2) is 18.5 Å². The Bertz CT molecular complexity index is 268. The summed E-state index contributed by atoms with van der Waals surface area (Å²) in [5.41, 5.74) is 7.44. The largest absolute Gasteiger partial charge is 0.367 e. The van der Waals surface area contributed by atoms with E-state index in [2.05, 4.69) is 22.6 Å². The first kappa shape index (κ1) is 10.7. The van der Waals surface area contributed by atoms with Crippen LogP contribution in [-0.4, -0.2) is 23.6 Å². The third kappa shape index (κ3) is 3.08. The molecule has 2 unspecified atom stereocenters. The van der Waals surface area contributed by atoms with E-state index >= 15 is 0 Å². The second-order valence-electron chi connectivity index (χ2n) is 4.48. The number of aromatic nitrogens is 1. The minimum Gasteiger partial charge on any atom is -0.367 e. The van der Waals surface area contributed by atoms with Crippen molar-refractivity contribution in [2.45, 2.75) is 44.2 Å². The molecule has 0 aromatic carbocycles. The summed E-state index contributed by atoms with van der Waals surface area (Å²) in [7, 11) is 0. The molecule has 4 N–H and O–H groups in total. The van der Waals surface area contributed by atoms with Crippen LogP contribution in [0.5, 0.6) is 0 Å². The van der Waals surface area contributed by atoms with Crippen molar-refractivity contribution in [1.82, 2.24) is 10.3 Å². The van der Waals surface area contributed by atoms with Crippen molar-refractivity contribution in [3.05, 3.63) is 24.0 Å². The summed E-state index contributed by atoms with van der Waals surface area (Å²) in [4.78, 5) is 3.07. The zero-order valence-corrected chi connectivity index (χ0v) is 9.21. The normalized spacial score (nSPS) is 26.7. The Morgan fingerprint density at radius 3 is 3.00 bits per heavy atom. The highest BCUT2D eigenvalue weighted by atomic mass is 15.0. The van der Waals surface area contributed by atoms with Crippen molar-refractivity contribution >= 4 is 0 Å². The lowest BCUT2D eigenvalue weighted by atomic mass is 9.91. The molecule has 1 aliphatic rings. The Morgan fingerprint density at radius 2 is 2.27 bits per heavy atom. The van der Waals surface area contributed by atoms with Crippen molar-refractivity contribution in [3.63, 3.8) is 0 Å². The maximum atomic E-state index is 6.07. The van der Waals surface area contributed by atoms with Crippen LogP contribution in [0.3, 0.4) is 0 Å². The summed E-state index contributed by atoms with van der Waals surface area (Å²) in [5, 5.41) is 3.57. The van der Waals surface area contributed by atoms with E-state index in [4.69, 9.17) is 5.73 Å². The highest BCUT2D eigenvalue weighted by Crippen LogP contribution is 2.16. The summed E-state index contributed by atoms with van der Waals surface area (Å²) in [6.07, 6.45) is 10.2. The van der Waals surface area contributed by atoms with Crippen molar-refractivity contribution < 1.29 is 0 Å². The van der Waals surface area contributed by atoms with Gasteiger partial charge in [-0.3, -0.25) is 0 Å². The van der Waals surface area contributed by atoms with Gasteiger partial charge in [-0.2, -0.15) is 0 Å². The standard InChI is InChI=1S/C12H21N3/c13-11-3-1-2-4-12(11)15-8-6-10-5-7-14-9-10/h5,7,9,11-12,14-15H,1-4,6,8,13H2. The van der Waals surface area contributed by atoms with Gasteiger partial charge in [-0.1, -0.05) is 12.8 Å². The number of nitrogens with two attached hydrogens (primary N) is 1. The molecular formula is C12H21N3. The van der Waals surface area contributed by atoms with Gasteiger partial charge in [-0.25, -0.2) is 0 Å². The maximum Gasteiger partial charge on any atom is 0.0219 e. The van der Waals surface area contributed by atoms with Crippen molar-refractivity contribution in [1.29, 1.82) is 0 Å². The van der Waals surface area contributed by atoms with Gasteiger partial charge in [0.1, 0.15) is 0 Å². The number of aromatic amines is 1. The molecule has 0 radical (unpaired) electrons. The average molecular weight is 207 g/mol. The quantitative estimate of drug-likeness (QED) is 0.699. The summed E-state index contributed by atoms with van der Waals surface area (Å²) in [6.45, 7) is 1.04. The van der Waals surface area contributed by atoms with Gasteiger partial charge in [0.05, 0.1) is 0 Å². The topological polar surface area (TPSA) is 53.8 Å². The first-order valence-electron chi connectivity index (χ1n) is 5.97. The summed E-state index contributed by atoms with van der Waals surface area (Å²) < 4.78 is 0. The van der Waals surface area contributed by atoms with E-state index in [0.29, 0.717) is 12.1 Å². The van der Waals surface area contributed by atoms with Gasteiger partial charge in [0.15, 0.2) is 0 Å². The Morgan fingerprint density at radius 1 is 1.40 bits per heavy atom. The van der Waals surface area contributed by atoms with Gasteiger partial charge in [-0.05, 0) is 37.4 Å². The van der Waals surface area contributed by atoms with E-state index in [1.165, 1.54) is 31.2 Å². The molecule has 0 spiro atoms. The molecule has 3 heteroatoms. The molecular weight excluding hydrogens is 186 g/mol. The van der Waals surface area contributed by atoms with Gasteiger partial charge in [0.2, 0.25) is 0 Å². The zero-order valence-electron chi connectivity index (χ0n) is 9.21. The maximum absolute atomic E-state index is 6.07. The van der Waals surface area contributed by atoms with Gasteiger partial charge >= 0.3 is 0 Å².